The Kier molecular flexibility index (Phi) is 6.23. The van der Waals surface area contributed by atoms with E-state index >= 15 is 0 Å². The van der Waals surface area contributed by atoms with Gasteiger partial charge in [0.25, 0.3) is 5.91 Å². The van der Waals surface area contributed by atoms with Crippen molar-refractivity contribution in [2.24, 2.45) is 5.92 Å². The molecule has 31 heavy (non-hydrogen) atoms. The third kappa shape index (κ3) is 4.57. The molecule has 3 aromatic rings. The van der Waals surface area contributed by atoms with Crippen LogP contribution in [0.15, 0.2) is 78.9 Å². The van der Waals surface area contributed by atoms with E-state index in [1.807, 2.05) is 30.3 Å². The third-order valence-electron chi connectivity index (χ3n) is 5.92. The first-order chi connectivity index (χ1) is 15.0. The summed E-state index contributed by atoms with van der Waals surface area (Å²) in [6, 6.07) is 21.6. The molecule has 4 nitrogen and oxygen atoms in total. The van der Waals surface area contributed by atoms with E-state index in [1.165, 1.54) is 24.3 Å². The molecule has 5 heteroatoms. The molecule has 0 spiro atoms. The molecule has 0 aromatic heterocycles. The first kappa shape index (κ1) is 20.9. The van der Waals surface area contributed by atoms with E-state index in [1.54, 1.807) is 29.2 Å². The number of aliphatic hydroxyl groups excluding tert-OH is 1. The molecule has 1 fully saturated rings. The fourth-order valence-electron chi connectivity index (χ4n) is 4.14. The molecule has 1 aliphatic heterocycles. The summed E-state index contributed by atoms with van der Waals surface area (Å²) in [5.74, 6) is -0.832. The molecule has 3 aromatic carbocycles. The zero-order valence-electron chi connectivity index (χ0n) is 17.1. The zero-order valence-corrected chi connectivity index (χ0v) is 17.1. The number of rotatable bonds is 5. The molecule has 0 saturated carbocycles. The normalized spacial score (nSPS) is 15.5. The van der Waals surface area contributed by atoms with Gasteiger partial charge in [0.2, 0.25) is 0 Å². The lowest BCUT2D eigenvalue weighted by Crippen LogP contribution is -2.40. The maximum Gasteiger partial charge on any atom is 0.254 e. The number of piperidine rings is 1. The highest BCUT2D eigenvalue weighted by atomic mass is 19.1. The third-order valence-corrected chi connectivity index (χ3v) is 5.92. The van der Waals surface area contributed by atoms with Gasteiger partial charge >= 0.3 is 0 Å². The number of hydrogen-bond donors (Lipinski definition) is 1. The molecule has 0 bridgehead atoms. The number of halogens is 1. The van der Waals surface area contributed by atoms with E-state index in [4.69, 9.17) is 0 Å². The quantitative estimate of drug-likeness (QED) is 0.615. The van der Waals surface area contributed by atoms with Gasteiger partial charge < -0.3 is 10.0 Å². The summed E-state index contributed by atoms with van der Waals surface area (Å²) in [7, 11) is 0. The highest BCUT2D eigenvalue weighted by molar-refractivity contribution is 6.15. The molecule has 4 rings (SSSR count). The van der Waals surface area contributed by atoms with Gasteiger partial charge in [-0.25, -0.2) is 4.39 Å². The molecule has 1 atom stereocenters. The molecule has 1 aliphatic rings. The van der Waals surface area contributed by atoms with E-state index in [0.717, 1.165) is 5.56 Å². The van der Waals surface area contributed by atoms with Gasteiger partial charge in [-0.15, -0.1) is 0 Å². The van der Waals surface area contributed by atoms with Crippen LogP contribution < -0.4 is 0 Å². The van der Waals surface area contributed by atoms with Crippen molar-refractivity contribution in [1.82, 2.24) is 4.90 Å². The summed E-state index contributed by atoms with van der Waals surface area (Å²) in [5, 5.41) is 10.7. The van der Waals surface area contributed by atoms with Crippen LogP contribution in [0.25, 0.3) is 0 Å². The van der Waals surface area contributed by atoms with Crippen LogP contribution in [0, 0.1) is 11.7 Å². The standard InChI is InChI=1S/C26H24FNO3/c27-21-12-10-19(11-13-21)25(30)22-8-4-5-9-23(22)26(31)28-16-14-20(15-17-28)24(29)18-6-2-1-3-7-18/h1-13,20,24,29H,14-17H2/t24-/m1/s1. The molecular weight excluding hydrogens is 393 g/mol. The summed E-state index contributed by atoms with van der Waals surface area (Å²) in [6.45, 7) is 1.04. The van der Waals surface area contributed by atoms with E-state index in [2.05, 4.69) is 0 Å². The molecule has 158 valence electrons. The lowest BCUT2D eigenvalue weighted by molar-refractivity contribution is 0.0461. The summed E-state index contributed by atoms with van der Waals surface area (Å²) in [5.41, 5.74) is 1.89. The molecule has 1 saturated heterocycles. The van der Waals surface area contributed by atoms with Gasteiger partial charge in [-0.3, -0.25) is 9.59 Å². The molecule has 0 aliphatic carbocycles. The number of benzene rings is 3. The van der Waals surface area contributed by atoms with Crippen LogP contribution in [0.1, 0.15) is 50.8 Å². The van der Waals surface area contributed by atoms with E-state index < -0.39 is 11.9 Å². The number of aliphatic hydroxyl groups is 1. The molecule has 1 amide bonds. The average Bonchev–Trinajstić information content (AvgIpc) is 2.84. The van der Waals surface area contributed by atoms with Crippen LogP contribution in [0.5, 0.6) is 0 Å². The second-order valence-electron chi connectivity index (χ2n) is 7.87. The Morgan fingerprint density at radius 3 is 2.06 bits per heavy atom. The van der Waals surface area contributed by atoms with Crippen LogP contribution in [0.3, 0.4) is 0 Å². The first-order valence-corrected chi connectivity index (χ1v) is 10.5. The summed E-state index contributed by atoms with van der Waals surface area (Å²) in [4.78, 5) is 27.9. The van der Waals surface area contributed by atoms with Gasteiger partial charge in [0, 0.05) is 24.2 Å². The lowest BCUT2D eigenvalue weighted by Gasteiger charge is -2.34. The predicted octanol–water partition coefficient (Wildman–Crippen LogP) is 4.64. The van der Waals surface area contributed by atoms with Gasteiger partial charge in [0.05, 0.1) is 11.7 Å². The second-order valence-corrected chi connectivity index (χ2v) is 7.87. The van der Waals surface area contributed by atoms with Crippen LogP contribution >= 0.6 is 0 Å². The fraction of sp³-hybridized carbons (Fsp3) is 0.231. The van der Waals surface area contributed by atoms with Gasteiger partial charge in [0.15, 0.2) is 5.78 Å². The number of likely N-dealkylation sites (tertiary alicyclic amines) is 1. The predicted molar refractivity (Wildman–Crippen MR) is 116 cm³/mol. The van der Waals surface area contributed by atoms with Gasteiger partial charge in [-0.1, -0.05) is 48.5 Å². The van der Waals surface area contributed by atoms with Crippen LogP contribution in [-0.2, 0) is 0 Å². The van der Waals surface area contributed by atoms with Crippen molar-refractivity contribution in [1.29, 1.82) is 0 Å². The number of hydrogen-bond acceptors (Lipinski definition) is 3. The topological polar surface area (TPSA) is 57.6 Å². The minimum atomic E-state index is -0.550. The highest BCUT2D eigenvalue weighted by Crippen LogP contribution is 2.31. The Labute approximate surface area is 181 Å². The average molecular weight is 417 g/mol. The van der Waals surface area contributed by atoms with Crippen LogP contribution in [0.2, 0.25) is 0 Å². The maximum atomic E-state index is 13.2. The maximum absolute atomic E-state index is 13.2. The van der Waals surface area contributed by atoms with Crippen molar-refractivity contribution in [3.63, 3.8) is 0 Å². The van der Waals surface area contributed by atoms with Crippen LogP contribution in [-0.4, -0.2) is 34.8 Å². The van der Waals surface area contributed by atoms with Crippen molar-refractivity contribution < 1.29 is 19.1 Å². The molecule has 0 unspecified atom stereocenters. The smallest absolute Gasteiger partial charge is 0.254 e. The first-order valence-electron chi connectivity index (χ1n) is 10.5. The van der Waals surface area contributed by atoms with Crippen molar-refractivity contribution in [2.45, 2.75) is 18.9 Å². The Morgan fingerprint density at radius 2 is 1.42 bits per heavy atom. The minimum Gasteiger partial charge on any atom is -0.388 e. The Balaban J connectivity index is 1.47. The highest BCUT2D eigenvalue weighted by Gasteiger charge is 2.30. The van der Waals surface area contributed by atoms with Crippen molar-refractivity contribution in [3.05, 3.63) is 107 Å². The summed E-state index contributed by atoms with van der Waals surface area (Å²) >= 11 is 0. The molecule has 1 N–H and O–H groups in total. The van der Waals surface area contributed by atoms with Crippen LogP contribution in [0.4, 0.5) is 4.39 Å². The number of carbonyl (C=O) groups is 2. The SMILES string of the molecule is O=C(c1ccc(F)cc1)c1ccccc1C(=O)N1CCC([C@H](O)c2ccccc2)CC1. The summed E-state index contributed by atoms with van der Waals surface area (Å²) in [6.07, 6.45) is 0.831. The van der Waals surface area contributed by atoms with Gasteiger partial charge in [0.1, 0.15) is 5.82 Å². The second kappa shape index (κ2) is 9.23. The minimum absolute atomic E-state index is 0.0857. The van der Waals surface area contributed by atoms with Crippen molar-refractivity contribution >= 4 is 11.7 Å². The Hall–Kier alpha value is -3.31. The van der Waals surface area contributed by atoms with Crippen molar-refractivity contribution in [2.75, 3.05) is 13.1 Å². The monoisotopic (exact) mass is 417 g/mol. The van der Waals surface area contributed by atoms with E-state index in [9.17, 15) is 19.1 Å². The lowest BCUT2D eigenvalue weighted by atomic mass is 9.87. The number of carbonyl (C=O) groups excluding carboxylic acids is 2. The molecule has 0 radical (unpaired) electrons. The molecule has 1 heterocycles. The van der Waals surface area contributed by atoms with Crippen molar-refractivity contribution in [3.8, 4) is 0 Å². The Bertz CT molecular complexity index is 1060. The van der Waals surface area contributed by atoms with E-state index in [0.29, 0.717) is 42.6 Å². The van der Waals surface area contributed by atoms with Gasteiger partial charge in [-0.05, 0) is 54.7 Å². The zero-order chi connectivity index (χ0) is 21.8. The van der Waals surface area contributed by atoms with Gasteiger partial charge in [-0.2, -0.15) is 0 Å². The fourth-order valence-corrected chi connectivity index (χ4v) is 4.14. The summed E-state index contributed by atoms with van der Waals surface area (Å²) < 4.78 is 13.2. The Morgan fingerprint density at radius 1 is 0.839 bits per heavy atom. The number of amides is 1. The largest absolute Gasteiger partial charge is 0.388 e. The number of nitrogens with zero attached hydrogens (tertiary/aromatic N) is 1. The van der Waals surface area contributed by atoms with E-state index in [-0.39, 0.29) is 17.6 Å². The molecular formula is C26H24FNO3. The number of ketones is 1.